The van der Waals surface area contributed by atoms with Crippen molar-refractivity contribution in [1.29, 1.82) is 0 Å². The van der Waals surface area contributed by atoms with Gasteiger partial charge in [-0.3, -0.25) is 14.6 Å². The minimum atomic E-state index is -0.982. The second-order valence-electron chi connectivity index (χ2n) is 7.24. The summed E-state index contributed by atoms with van der Waals surface area (Å²) in [5.74, 6) is -2.65. The van der Waals surface area contributed by atoms with Gasteiger partial charge in [-0.15, -0.1) is 0 Å². The zero-order chi connectivity index (χ0) is 20.5. The molecule has 0 radical (unpaired) electrons. The molecule has 0 saturated carbocycles. The Morgan fingerprint density at radius 1 is 1.14 bits per heavy atom. The number of piperazine rings is 1. The minimum Gasteiger partial charge on any atom is -0.447 e. The molecule has 2 fully saturated rings. The third-order valence-corrected chi connectivity index (χ3v) is 5.33. The summed E-state index contributed by atoms with van der Waals surface area (Å²) < 4.78 is 34.0. The summed E-state index contributed by atoms with van der Waals surface area (Å²) in [4.78, 5) is 29.1. The molecule has 1 unspecified atom stereocenters. The first-order chi connectivity index (χ1) is 13.9. The van der Waals surface area contributed by atoms with Gasteiger partial charge in [0, 0.05) is 32.4 Å². The fourth-order valence-corrected chi connectivity index (χ4v) is 3.70. The highest BCUT2D eigenvalue weighted by molar-refractivity contribution is 5.96. The number of hydrogen-bond acceptors (Lipinski definition) is 5. The monoisotopic (exact) mass is 404 g/mol. The molecule has 154 valence electrons. The Balaban J connectivity index is 1.44. The Bertz CT molecular complexity index is 871. The summed E-state index contributed by atoms with van der Waals surface area (Å²) in [6.07, 6.45) is 5.40. The maximum Gasteiger partial charge on any atom is 0.414 e. The van der Waals surface area contributed by atoms with Crippen molar-refractivity contribution in [3.8, 4) is 0 Å². The van der Waals surface area contributed by atoms with Crippen LogP contribution in [0.5, 0.6) is 0 Å². The molecule has 3 aliphatic heterocycles. The molecule has 3 aliphatic rings. The fourth-order valence-electron chi connectivity index (χ4n) is 3.70. The molecular formula is C20H22F2N4O3. The summed E-state index contributed by atoms with van der Waals surface area (Å²) in [6, 6.07) is 2.01. The van der Waals surface area contributed by atoms with E-state index in [2.05, 4.69) is 10.2 Å². The molecule has 1 N–H and O–H groups in total. The van der Waals surface area contributed by atoms with Gasteiger partial charge in [0.25, 0.3) is 5.91 Å². The molecule has 2 amide bonds. The molecular weight excluding hydrogens is 382 g/mol. The van der Waals surface area contributed by atoms with E-state index in [9.17, 15) is 18.4 Å². The highest BCUT2D eigenvalue weighted by Crippen LogP contribution is 2.26. The van der Waals surface area contributed by atoms with Gasteiger partial charge in [-0.2, -0.15) is 0 Å². The number of amides is 2. The number of rotatable bonds is 3. The molecule has 1 atom stereocenters. The van der Waals surface area contributed by atoms with Gasteiger partial charge in [0.05, 0.1) is 18.4 Å². The van der Waals surface area contributed by atoms with Gasteiger partial charge in [-0.05, 0) is 30.7 Å². The molecule has 0 spiro atoms. The van der Waals surface area contributed by atoms with Crippen LogP contribution in [0.15, 0.2) is 36.1 Å². The van der Waals surface area contributed by atoms with Crippen molar-refractivity contribution in [3.05, 3.63) is 53.3 Å². The molecule has 0 aliphatic carbocycles. The molecule has 1 aromatic rings. The van der Waals surface area contributed by atoms with Gasteiger partial charge >= 0.3 is 6.09 Å². The van der Waals surface area contributed by atoms with E-state index in [0.717, 1.165) is 22.6 Å². The topological polar surface area (TPSA) is 65.1 Å². The molecule has 3 heterocycles. The number of cyclic esters (lactones) is 1. The first-order valence-electron chi connectivity index (χ1n) is 9.52. The smallest absolute Gasteiger partial charge is 0.414 e. The number of halogens is 2. The SMILES string of the molecule is CC1=CNC(N2CCN(C(=O)c3c(F)cc(N4CCOC4=O)cc3F)CC2)C=C1. The summed E-state index contributed by atoms with van der Waals surface area (Å²) in [6.45, 7) is 4.28. The third-order valence-electron chi connectivity index (χ3n) is 5.33. The van der Waals surface area contributed by atoms with Crippen molar-refractivity contribution in [3.63, 3.8) is 0 Å². The average molecular weight is 404 g/mol. The van der Waals surface area contributed by atoms with Gasteiger partial charge < -0.3 is 15.0 Å². The third kappa shape index (κ3) is 3.82. The zero-order valence-corrected chi connectivity index (χ0v) is 16.0. The number of hydrogen-bond donors (Lipinski definition) is 1. The normalized spacial score (nSPS) is 22.4. The lowest BCUT2D eigenvalue weighted by atomic mass is 10.1. The van der Waals surface area contributed by atoms with Crippen LogP contribution in [0.4, 0.5) is 19.3 Å². The van der Waals surface area contributed by atoms with Crippen molar-refractivity contribution in [2.45, 2.75) is 13.1 Å². The molecule has 7 nitrogen and oxygen atoms in total. The Labute approximate surface area is 167 Å². The first-order valence-corrected chi connectivity index (χ1v) is 9.52. The van der Waals surface area contributed by atoms with E-state index in [0.29, 0.717) is 26.2 Å². The standard InChI is InChI=1S/C20H22F2N4O3/c1-13-2-3-17(23-12-13)24-4-6-25(7-5-24)19(27)18-15(21)10-14(11-16(18)22)26-8-9-29-20(26)28/h2-3,10-12,17,23H,4-9H2,1H3. The highest BCUT2D eigenvalue weighted by atomic mass is 19.1. The number of carbonyl (C=O) groups is 2. The van der Waals surface area contributed by atoms with Crippen LogP contribution in [0.2, 0.25) is 0 Å². The minimum absolute atomic E-state index is 0.0439. The molecule has 29 heavy (non-hydrogen) atoms. The average Bonchev–Trinajstić information content (AvgIpc) is 3.14. The van der Waals surface area contributed by atoms with E-state index in [-0.39, 0.29) is 25.0 Å². The van der Waals surface area contributed by atoms with Crippen molar-refractivity contribution in [2.75, 3.05) is 44.2 Å². The van der Waals surface area contributed by atoms with Gasteiger partial charge in [0.1, 0.15) is 23.8 Å². The maximum atomic E-state index is 14.6. The molecule has 0 aromatic heterocycles. The van der Waals surface area contributed by atoms with E-state index >= 15 is 0 Å². The predicted molar refractivity (Wildman–Crippen MR) is 102 cm³/mol. The molecule has 1 aromatic carbocycles. The van der Waals surface area contributed by atoms with E-state index in [1.165, 1.54) is 4.90 Å². The van der Waals surface area contributed by atoms with Crippen LogP contribution in [0.3, 0.4) is 0 Å². The second kappa shape index (κ2) is 7.82. The van der Waals surface area contributed by atoms with Crippen LogP contribution in [-0.4, -0.2) is 67.3 Å². The van der Waals surface area contributed by atoms with Crippen LogP contribution < -0.4 is 10.2 Å². The Morgan fingerprint density at radius 2 is 1.83 bits per heavy atom. The number of ether oxygens (including phenoxy) is 1. The van der Waals surface area contributed by atoms with E-state index in [4.69, 9.17) is 4.74 Å². The van der Waals surface area contributed by atoms with Crippen molar-refractivity contribution in [1.82, 2.24) is 15.1 Å². The molecule has 9 heteroatoms. The Hall–Kier alpha value is -2.94. The lowest BCUT2D eigenvalue weighted by Gasteiger charge is -2.39. The lowest BCUT2D eigenvalue weighted by molar-refractivity contribution is 0.0579. The summed E-state index contributed by atoms with van der Waals surface area (Å²) >= 11 is 0. The number of nitrogens with zero attached hydrogens (tertiary/aromatic N) is 3. The van der Waals surface area contributed by atoms with Crippen LogP contribution >= 0.6 is 0 Å². The van der Waals surface area contributed by atoms with Gasteiger partial charge in [0.2, 0.25) is 0 Å². The Morgan fingerprint density at radius 3 is 2.38 bits per heavy atom. The molecule has 4 rings (SSSR count). The maximum absolute atomic E-state index is 14.6. The highest BCUT2D eigenvalue weighted by Gasteiger charge is 2.31. The predicted octanol–water partition coefficient (Wildman–Crippen LogP) is 2.07. The number of allylic oxidation sites excluding steroid dienone is 2. The van der Waals surface area contributed by atoms with Crippen molar-refractivity contribution in [2.24, 2.45) is 0 Å². The van der Waals surface area contributed by atoms with Crippen LogP contribution in [0, 0.1) is 11.6 Å². The summed E-state index contributed by atoms with van der Waals surface area (Å²) in [5.41, 5.74) is 0.582. The fraction of sp³-hybridized carbons (Fsp3) is 0.400. The number of benzene rings is 1. The number of carbonyl (C=O) groups excluding carboxylic acids is 2. The Kier molecular flexibility index (Phi) is 5.23. The summed E-state index contributed by atoms with van der Waals surface area (Å²) in [5, 5.41) is 3.28. The number of dihydropyridines is 1. The largest absolute Gasteiger partial charge is 0.447 e. The van der Waals surface area contributed by atoms with Gasteiger partial charge in [-0.1, -0.05) is 6.08 Å². The van der Waals surface area contributed by atoms with E-state index in [1.807, 2.05) is 25.3 Å². The first kappa shape index (κ1) is 19.4. The number of nitrogens with one attached hydrogen (secondary N) is 1. The zero-order valence-electron chi connectivity index (χ0n) is 16.0. The van der Waals surface area contributed by atoms with E-state index < -0.39 is 29.2 Å². The summed E-state index contributed by atoms with van der Waals surface area (Å²) in [7, 11) is 0. The number of anilines is 1. The van der Waals surface area contributed by atoms with Gasteiger partial charge in [-0.25, -0.2) is 13.6 Å². The van der Waals surface area contributed by atoms with E-state index in [1.54, 1.807) is 0 Å². The van der Waals surface area contributed by atoms with Crippen LogP contribution in [0.25, 0.3) is 0 Å². The lowest BCUT2D eigenvalue weighted by Crippen LogP contribution is -2.55. The van der Waals surface area contributed by atoms with Crippen LogP contribution in [0.1, 0.15) is 17.3 Å². The van der Waals surface area contributed by atoms with Gasteiger partial charge in [0.15, 0.2) is 0 Å². The second-order valence-corrected chi connectivity index (χ2v) is 7.24. The molecule has 0 bridgehead atoms. The molecule has 2 saturated heterocycles. The van der Waals surface area contributed by atoms with Crippen molar-refractivity contribution < 1.29 is 23.1 Å². The quantitative estimate of drug-likeness (QED) is 0.836. The van der Waals surface area contributed by atoms with Crippen LogP contribution in [-0.2, 0) is 4.74 Å². The van der Waals surface area contributed by atoms with Crippen molar-refractivity contribution >= 4 is 17.7 Å².